The van der Waals surface area contributed by atoms with Crippen LogP contribution >= 0.6 is 0 Å². The molecule has 3 N–H and O–H groups in total. The zero-order chi connectivity index (χ0) is 12.1. The molecule has 2 atom stereocenters. The zero-order valence-electron chi connectivity index (χ0n) is 9.69. The molecule has 92 valence electrons. The van der Waals surface area contributed by atoms with Gasteiger partial charge in [0, 0.05) is 19.5 Å². The van der Waals surface area contributed by atoms with Gasteiger partial charge in [-0.05, 0) is 18.8 Å². The van der Waals surface area contributed by atoms with Crippen molar-refractivity contribution in [2.75, 3.05) is 13.1 Å². The number of carboxylic acids is 1. The van der Waals surface area contributed by atoms with Crippen molar-refractivity contribution in [1.82, 2.24) is 4.90 Å². The van der Waals surface area contributed by atoms with Crippen molar-refractivity contribution < 1.29 is 14.7 Å². The van der Waals surface area contributed by atoms with E-state index in [4.69, 9.17) is 10.8 Å². The van der Waals surface area contributed by atoms with Crippen molar-refractivity contribution in [3.05, 3.63) is 0 Å². The van der Waals surface area contributed by atoms with Crippen molar-refractivity contribution in [2.24, 2.45) is 11.7 Å². The number of amides is 1. The van der Waals surface area contributed by atoms with Crippen LogP contribution < -0.4 is 5.73 Å². The molecular formula is C11H20N2O3. The SMILES string of the molecule is CCC1CCN(C(=O)C(N)CCC(=O)O)C1. The summed E-state index contributed by atoms with van der Waals surface area (Å²) < 4.78 is 0. The maximum absolute atomic E-state index is 11.8. The Hall–Kier alpha value is -1.10. The summed E-state index contributed by atoms with van der Waals surface area (Å²) in [5.74, 6) is -0.427. The molecule has 1 aliphatic rings. The van der Waals surface area contributed by atoms with Crippen LogP contribution in [0.15, 0.2) is 0 Å². The van der Waals surface area contributed by atoms with Crippen molar-refractivity contribution >= 4 is 11.9 Å². The summed E-state index contributed by atoms with van der Waals surface area (Å²) in [4.78, 5) is 24.0. The Morgan fingerprint density at radius 2 is 2.25 bits per heavy atom. The number of rotatable bonds is 5. The van der Waals surface area contributed by atoms with E-state index >= 15 is 0 Å². The number of carbonyl (C=O) groups is 2. The molecule has 0 bridgehead atoms. The molecule has 16 heavy (non-hydrogen) atoms. The van der Waals surface area contributed by atoms with Crippen LogP contribution in [-0.2, 0) is 9.59 Å². The largest absolute Gasteiger partial charge is 0.481 e. The highest BCUT2D eigenvalue weighted by molar-refractivity contribution is 5.82. The molecule has 0 saturated carbocycles. The second-order valence-electron chi connectivity index (χ2n) is 4.39. The lowest BCUT2D eigenvalue weighted by molar-refractivity contribution is -0.137. The summed E-state index contributed by atoms with van der Waals surface area (Å²) >= 11 is 0. The van der Waals surface area contributed by atoms with E-state index in [9.17, 15) is 9.59 Å². The third-order valence-electron chi connectivity index (χ3n) is 3.16. The number of likely N-dealkylation sites (tertiary alicyclic amines) is 1. The molecule has 0 aromatic rings. The van der Waals surface area contributed by atoms with E-state index in [1.807, 2.05) is 0 Å². The maximum Gasteiger partial charge on any atom is 0.303 e. The smallest absolute Gasteiger partial charge is 0.303 e. The lowest BCUT2D eigenvalue weighted by Crippen LogP contribution is -2.42. The minimum atomic E-state index is -0.906. The highest BCUT2D eigenvalue weighted by atomic mass is 16.4. The maximum atomic E-state index is 11.8. The number of carboxylic acid groups (broad SMARTS) is 1. The van der Waals surface area contributed by atoms with Crippen LogP contribution in [0.5, 0.6) is 0 Å². The third-order valence-corrected chi connectivity index (χ3v) is 3.16. The minimum absolute atomic E-state index is 0.0437. The van der Waals surface area contributed by atoms with E-state index in [0.717, 1.165) is 25.9 Å². The summed E-state index contributed by atoms with van der Waals surface area (Å²) in [5, 5.41) is 8.51. The topological polar surface area (TPSA) is 83.6 Å². The van der Waals surface area contributed by atoms with Crippen LogP contribution in [0.25, 0.3) is 0 Å². The number of carbonyl (C=O) groups excluding carboxylic acids is 1. The van der Waals surface area contributed by atoms with Crippen molar-refractivity contribution in [3.8, 4) is 0 Å². The Morgan fingerprint density at radius 1 is 1.56 bits per heavy atom. The second-order valence-corrected chi connectivity index (χ2v) is 4.39. The fourth-order valence-corrected chi connectivity index (χ4v) is 2.00. The first kappa shape index (κ1) is 13.0. The molecule has 1 saturated heterocycles. The van der Waals surface area contributed by atoms with Crippen LogP contribution in [0.1, 0.15) is 32.6 Å². The number of nitrogens with zero attached hydrogens (tertiary/aromatic N) is 1. The van der Waals surface area contributed by atoms with Gasteiger partial charge >= 0.3 is 5.97 Å². The Labute approximate surface area is 95.6 Å². The van der Waals surface area contributed by atoms with E-state index < -0.39 is 12.0 Å². The van der Waals surface area contributed by atoms with Crippen LogP contribution in [0.3, 0.4) is 0 Å². The van der Waals surface area contributed by atoms with Gasteiger partial charge in [0.25, 0.3) is 0 Å². The fourth-order valence-electron chi connectivity index (χ4n) is 2.00. The quantitative estimate of drug-likeness (QED) is 0.715. The summed E-state index contributed by atoms with van der Waals surface area (Å²) in [5.41, 5.74) is 5.68. The predicted octanol–water partition coefficient (Wildman–Crippen LogP) is 0.437. The van der Waals surface area contributed by atoms with E-state index in [1.54, 1.807) is 4.90 Å². The molecule has 1 amide bonds. The number of hydrogen-bond donors (Lipinski definition) is 2. The lowest BCUT2D eigenvalue weighted by atomic mass is 10.1. The van der Waals surface area contributed by atoms with Crippen LogP contribution in [0.2, 0.25) is 0 Å². The third kappa shape index (κ3) is 3.48. The molecule has 1 fully saturated rings. The highest BCUT2D eigenvalue weighted by Gasteiger charge is 2.28. The molecule has 2 unspecified atom stereocenters. The molecule has 0 aromatic heterocycles. The van der Waals surface area contributed by atoms with Crippen molar-refractivity contribution in [1.29, 1.82) is 0 Å². The van der Waals surface area contributed by atoms with Crippen LogP contribution in [0, 0.1) is 5.92 Å². The van der Waals surface area contributed by atoms with Gasteiger partial charge in [-0.15, -0.1) is 0 Å². The fraction of sp³-hybridized carbons (Fsp3) is 0.818. The summed E-state index contributed by atoms with van der Waals surface area (Å²) in [6.07, 6.45) is 2.29. The van der Waals surface area contributed by atoms with E-state index in [1.165, 1.54) is 0 Å². The predicted molar refractivity (Wildman–Crippen MR) is 59.8 cm³/mol. The number of aliphatic carboxylic acids is 1. The van der Waals surface area contributed by atoms with Gasteiger partial charge in [-0.1, -0.05) is 13.3 Å². The van der Waals surface area contributed by atoms with Gasteiger partial charge in [0.05, 0.1) is 6.04 Å². The molecule has 5 nitrogen and oxygen atoms in total. The highest BCUT2D eigenvalue weighted by Crippen LogP contribution is 2.19. The summed E-state index contributed by atoms with van der Waals surface area (Å²) in [6.45, 7) is 3.65. The molecule has 0 spiro atoms. The Morgan fingerprint density at radius 3 is 2.75 bits per heavy atom. The second kappa shape index (κ2) is 5.84. The monoisotopic (exact) mass is 228 g/mol. The molecule has 0 radical (unpaired) electrons. The average Bonchev–Trinajstić information content (AvgIpc) is 2.73. The standard InChI is InChI=1S/C11H20N2O3/c1-2-8-5-6-13(7-8)11(16)9(12)3-4-10(14)15/h8-9H,2-7,12H2,1H3,(H,14,15). The van der Waals surface area contributed by atoms with Gasteiger partial charge in [0.2, 0.25) is 5.91 Å². The first-order valence-electron chi connectivity index (χ1n) is 5.80. The van der Waals surface area contributed by atoms with Crippen LogP contribution in [-0.4, -0.2) is 41.0 Å². The van der Waals surface area contributed by atoms with Crippen LogP contribution in [0.4, 0.5) is 0 Å². The Balaban J connectivity index is 2.36. The molecule has 0 aromatic carbocycles. The zero-order valence-corrected chi connectivity index (χ0v) is 9.69. The number of hydrogen-bond acceptors (Lipinski definition) is 3. The Bertz CT molecular complexity index is 268. The number of nitrogens with two attached hydrogens (primary N) is 1. The van der Waals surface area contributed by atoms with E-state index in [2.05, 4.69) is 6.92 Å². The molecular weight excluding hydrogens is 208 g/mol. The van der Waals surface area contributed by atoms with Crippen molar-refractivity contribution in [3.63, 3.8) is 0 Å². The molecule has 0 aliphatic carbocycles. The van der Waals surface area contributed by atoms with E-state index in [-0.39, 0.29) is 18.7 Å². The summed E-state index contributed by atoms with van der Waals surface area (Å²) in [7, 11) is 0. The van der Waals surface area contributed by atoms with Gasteiger partial charge in [0.15, 0.2) is 0 Å². The van der Waals surface area contributed by atoms with Crippen molar-refractivity contribution in [2.45, 2.75) is 38.6 Å². The Kier molecular flexibility index (Phi) is 4.73. The van der Waals surface area contributed by atoms with Gasteiger partial charge in [-0.2, -0.15) is 0 Å². The van der Waals surface area contributed by atoms with E-state index in [0.29, 0.717) is 5.92 Å². The first-order chi connectivity index (χ1) is 7.54. The molecule has 5 heteroatoms. The first-order valence-corrected chi connectivity index (χ1v) is 5.80. The molecule has 1 rings (SSSR count). The van der Waals surface area contributed by atoms with Gasteiger partial charge < -0.3 is 15.7 Å². The summed E-state index contributed by atoms with van der Waals surface area (Å²) in [6, 6.07) is -0.660. The lowest BCUT2D eigenvalue weighted by Gasteiger charge is -2.20. The van der Waals surface area contributed by atoms with Gasteiger partial charge in [0.1, 0.15) is 0 Å². The minimum Gasteiger partial charge on any atom is -0.481 e. The normalized spacial score (nSPS) is 22.1. The van der Waals surface area contributed by atoms with Gasteiger partial charge in [-0.3, -0.25) is 9.59 Å². The molecule has 1 aliphatic heterocycles. The average molecular weight is 228 g/mol. The van der Waals surface area contributed by atoms with Gasteiger partial charge in [-0.25, -0.2) is 0 Å². The molecule has 1 heterocycles.